The summed E-state index contributed by atoms with van der Waals surface area (Å²) in [5.74, 6) is 0. The van der Waals surface area contributed by atoms with Gasteiger partial charge in [0.25, 0.3) is 6.43 Å². The van der Waals surface area contributed by atoms with Gasteiger partial charge in [-0.3, -0.25) is 9.78 Å². The lowest BCUT2D eigenvalue weighted by molar-refractivity contribution is 0.152. The summed E-state index contributed by atoms with van der Waals surface area (Å²) in [6, 6.07) is 13.3. The zero-order valence-corrected chi connectivity index (χ0v) is 19.5. The first kappa shape index (κ1) is 21.8. The van der Waals surface area contributed by atoms with Crippen LogP contribution in [0.15, 0.2) is 53.5 Å². The summed E-state index contributed by atoms with van der Waals surface area (Å²) < 4.78 is 31.0. The lowest BCUT2D eigenvalue weighted by Gasteiger charge is -2.32. The molecule has 7 heteroatoms. The first-order valence-corrected chi connectivity index (χ1v) is 12.0. The molecule has 0 aliphatic carbocycles. The zero-order valence-electron chi connectivity index (χ0n) is 18.6. The van der Waals surface area contributed by atoms with Gasteiger partial charge in [0.2, 0.25) is 0 Å². The summed E-state index contributed by atoms with van der Waals surface area (Å²) in [4.78, 5) is 18.6. The van der Waals surface area contributed by atoms with E-state index in [0.29, 0.717) is 5.56 Å². The van der Waals surface area contributed by atoms with Crippen LogP contribution in [0, 0.1) is 0 Å². The van der Waals surface area contributed by atoms with Gasteiger partial charge in [-0.15, -0.1) is 0 Å². The summed E-state index contributed by atoms with van der Waals surface area (Å²) in [5, 5.41) is 0. The molecule has 5 rings (SSSR count). The summed E-state index contributed by atoms with van der Waals surface area (Å²) in [5.41, 5.74) is 5.91. The second-order valence-corrected chi connectivity index (χ2v) is 9.48. The Morgan fingerprint density at radius 2 is 2.00 bits per heavy atom. The monoisotopic (exact) mass is 465 g/mol. The van der Waals surface area contributed by atoms with Crippen molar-refractivity contribution < 1.29 is 8.78 Å². The van der Waals surface area contributed by atoms with Crippen LogP contribution in [-0.4, -0.2) is 16.1 Å². The van der Waals surface area contributed by atoms with Crippen molar-refractivity contribution in [3.8, 4) is 11.1 Å². The van der Waals surface area contributed by atoms with E-state index in [-0.39, 0.29) is 10.4 Å². The van der Waals surface area contributed by atoms with E-state index in [2.05, 4.69) is 16.8 Å². The molecule has 0 saturated heterocycles. The lowest BCUT2D eigenvalue weighted by Crippen LogP contribution is -2.25. The quantitative estimate of drug-likeness (QED) is 0.332. The predicted octanol–water partition coefficient (Wildman–Crippen LogP) is 6.64. The van der Waals surface area contributed by atoms with Crippen molar-refractivity contribution in [1.29, 1.82) is 0 Å². The number of rotatable bonds is 5. The first-order valence-electron chi connectivity index (χ1n) is 11.2. The zero-order chi connectivity index (χ0) is 23.1. The molecule has 2 aromatic carbocycles. The van der Waals surface area contributed by atoms with E-state index >= 15 is 0 Å². The Bertz CT molecular complexity index is 1380. The summed E-state index contributed by atoms with van der Waals surface area (Å²) in [7, 11) is 1.76. The third kappa shape index (κ3) is 3.95. The van der Waals surface area contributed by atoms with Crippen LogP contribution in [-0.2, 0) is 19.9 Å². The van der Waals surface area contributed by atoms with Gasteiger partial charge in [-0.25, -0.2) is 8.78 Å². The van der Waals surface area contributed by atoms with Crippen molar-refractivity contribution in [2.45, 2.75) is 39.0 Å². The van der Waals surface area contributed by atoms with Gasteiger partial charge in [0.15, 0.2) is 0 Å². The number of fused-ring (bicyclic) bond motifs is 2. The van der Waals surface area contributed by atoms with E-state index in [4.69, 9.17) is 0 Å². The maximum atomic E-state index is 14.2. The van der Waals surface area contributed by atoms with Crippen molar-refractivity contribution in [2.24, 2.45) is 7.05 Å². The molecule has 0 unspecified atom stereocenters. The fourth-order valence-corrected chi connectivity index (χ4v) is 5.48. The number of aromatic nitrogens is 2. The molecule has 0 fully saturated rings. The molecule has 4 aromatic rings. The molecule has 0 bridgehead atoms. The maximum absolute atomic E-state index is 14.2. The lowest BCUT2D eigenvalue weighted by atomic mass is 9.92. The molecule has 170 valence electrons. The molecule has 2 aromatic heterocycles. The van der Waals surface area contributed by atoms with Crippen LogP contribution < -0.4 is 9.77 Å². The second-order valence-electron chi connectivity index (χ2n) is 8.49. The highest BCUT2D eigenvalue weighted by molar-refractivity contribution is 7.16. The fraction of sp³-hybridized carbons (Fsp3) is 0.308. The average molecular weight is 466 g/mol. The number of benzene rings is 2. The minimum Gasteiger partial charge on any atom is -0.341 e. The Hall–Kier alpha value is -3.06. The highest BCUT2D eigenvalue weighted by atomic mass is 32.1. The van der Waals surface area contributed by atoms with Gasteiger partial charge in [0.1, 0.15) is 0 Å². The van der Waals surface area contributed by atoms with E-state index in [0.717, 1.165) is 70.6 Å². The van der Waals surface area contributed by atoms with Crippen LogP contribution >= 0.6 is 11.3 Å². The van der Waals surface area contributed by atoms with E-state index in [1.165, 1.54) is 11.3 Å². The molecule has 1 aliphatic rings. The highest BCUT2D eigenvalue weighted by Gasteiger charge is 2.25. The van der Waals surface area contributed by atoms with Crippen molar-refractivity contribution in [3.05, 3.63) is 75.1 Å². The first-order chi connectivity index (χ1) is 16.0. The molecule has 1 aliphatic heterocycles. The van der Waals surface area contributed by atoms with Gasteiger partial charge in [-0.05, 0) is 66.8 Å². The summed E-state index contributed by atoms with van der Waals surface area (Å²) in [6.45, 7) is 2.83. The van der Waals surface area contributed by atoms with Crippen LogP contribution in [0.25, 0.3) is 21.3 Å². The number of alkyl halides is 2. The molecular formula is C26H25F2N3OS. The molecule has 33 heavy (non-hydrogen) atoms. The minimum absolute atomic E-state index is 0.00983. The van der Waals surface area contributed by atoms with Gasteiger partial charge < -0.3 is 9.47 Å². The van der Waals surface area contributed by atoms with Gasteiger partial charge in [0.05, 0.1) is 10.2 Å². The van der Waals surface area contributed by atoms with E-state index in [1.54, 1.807) is 23.9 Å². The van der Waals surface area contributed by atoms with Crippen LogP contribution in [0.5, 0.6) is 0 Å². The largest absolute Gasteiger partial charge is 0.341 e. The topological polar surface area (TPSA) is 38.1 Å². The number of aryl methyl sites for hydroxylation is 3. The van der Waals surface area contributed by atoms with Crippen LogP contribution in [0.2, 0.25) is 0 Å². The van der Waals surface area contributed by atoms with Crippen LogP contribution in [0.1, 0.15) is 43.0 Å². The number of pyridine rings is 1. The molecular weight excluding hydrogens is 440 g/mol. The van der Waals surface area contributed by atoms with Crippen molar-refractivity contribution in [1.82, 2.24) is 9.55 Å². The van der Waals surface area contributed by atoms with Gasteiger partial charge in [0, 0.05) is 48.0 Å². The molecule has 3 heterocycles. The number of thiazole rings is 1. The van der Waals surface area contributed by atoms with Crippen molar-refractivity contribution in [2.75, 3.05) is 11.4 Å². The Morgan fingerprint density at radius 3 is 2.73 bits per heavy atom. The Balaban J connectivity index is 1.60. The Labute approximate surface area is 195 Å². The van der Waals surface area contributed by atoms with Crippen molar-refractivity contribution >= 4 is 32.9 Å². The molecule has 0 N–H and O–H groups in total. The van der Waals surface area contributed by atoms with Gasteiger partial charge in [-0.1, -0.05) is 30.7 Å². The minimum atomic E-state index is -2.59. The van der Waals surface area contributed by atoms with Crippen molar-refractivity contribution in [3.63, 3.8) is 0 Å². The third-order valence-electron chi connectivity index (χ3n) is 6.33. The number of nitrogens with zero attached hydrogens (tertiary/aromatic N) is 3. The number of hydrogen-bond donors (Lipinski definition) is 0. The second kappa shape index (κ2) is 8.71. The maximum Gasteiger partial charge on any atom is 0.307 e. The molecule has 0 amide bonds. The summed E-state index contributed by atoms with van der Waals surface area (Å²) >= 11 is 1.21. The number of halogens is 2. The van der Waals surface area contributed by atoms with E-state index in [9.17, 15) is 13.6 Å². The smallest absolute Gasteiger partial charge is 0.307 e. The highest BCUT2D eigenvalue weighted by Crippen LogP contribution is 2.41. The van der Waals surface area contributed by atoms with Gasteiger partial charge >= 0.3 is 4.87 Å². The number of anilines is 2. The van der Waals surface area contributed by atoms with Crippen LogP contribution in [0.3, 0.4) is 0 Å². The summed E-state index contributed by atoms with van der Waals surface area (Å²) in [6.07, 6.45) is 2.75. The standard InChI is InChI=1S/C26H25F2N3OS/c1-3-5-18-8-7-17(15-29-18)20-12-16-6-4-11-31(22(16)14-21(20)25(27)28)19-9-10-24-23(13-19)30(2)26(32)33-24/h7-10,12-15,25H,3-6,11H2,1-2H3. The van der Waals surface area contributed by atoms with E-state index < -0.39 is 6.43 Å². The van der Waals surface area contributed by atoms with E-state index in [1.807, 2.05) is 36.4 Å². The third-order valence-corrected chi connectivity index (χ3v) is 7.35. The Morgan fingerprint density at radius 1 is 1.15 bits per heavy atom. The number of hydrogen-bond acceptors (Lipinski definition) is 4. The molecule has 4 nitrogen and oxygen atoms in total. The molecule has 0 spiro atoms. The SMILES string of the molecule is CCCc1ccc(-c2cc3c(cc2C(F)F)N(c2ccc4sc(=O)n(C)c4c2)CCC3)cn1. The Kier molecular flexibility index (Phi) is 5.74. The molecule has 0 atom stereocenters. The fourth-order valence-electron chi connectivity index (χ4n) is 4.62. The van der Waals surface area contributed by atoms with Gasteiger partial charge in [-0.2, -0.15) is 0 Å². The average Bonchev–Trinajstić information content (AvgIpc) is 3.11. The molecule has 0 saturated carbocycles. The predicted molar refractivity (Wildman–Crippen MR) is 131 cm³/mol. The normalized spacial score (nSPS) is 13.7. The van der Waals surface area contributed by atoms with Crippen LogP contribution in [0.4, 0.5) is 20.2 Å². The molecule has 0 radical (unpaired) electrons.